The van der Waals surface area contributed by atoms with Crippen LogP contribution in [0, 0.1) is 5.82 Å². The third kappa shape index (κ3) is 1.23. The van der Waals surface area contributed by atoms with E-state index in [1.807, 2.05) is 0 Å². The summed E-state index contributed by atoms with van der Waals surface area (Å²) in [5.41, 5.74) is 0.758. The van der Waals surface area contributed by atoms with Crippen LogP contribution in [0.25, 0.3) is 5.52 Å². The Balaban J connectivity index is 2.77. The van der Waals surface area contributed by atoms with E-state index in [1.165, 1.54) is 18.6 Å². The molecular weight excluding hydrogens is 193 g/mol. The molecule has 0 fully saturated rings. The lowest BCUT2D eigenvalue weighted by molar-refractivity contribution is 0.620. The van der Waals surface area contributed by atoms with Gasteiger partial charge in [-0.3, -0.25) is 0 Å². The van der Waals surface area contributed by atoms with Crippen molar-refractivity contribution >= 4 is 22.9 Å². The third-order valence-corrected chi connectivity index (χ3v) is 2.10. The molecule has 2 rings (SSSR count). The smallest absolute Gasteiger partial charge is 0.158 e. The number of halogens is 2. The summed E-state index contributed by atoms with van der Waals surface area (Å²) in [6.07, 6.45) is 2.83. The van der Waals surface area contributed by atoms with E-state index in [0.717, 1.165) is 5.52 Å². The van der Waals surface area contributed by atoms with Crippen LogP contribution in [-0.4, -0.2) is 16.4 Å². The highest BCUT2D eigenvalue weighted by Crippen LogP contribution is 2.21. The summed E-state index contributed by atoms with van der Waals surface area (Å²) in [6.45, 7) is 0. The Morgan fingerprint density at radius 2 is 2.38 bits per heavy atom. The molecule has 13 heavy (non-hydrogen) atoms. The SMILES string of the molecule is CNc1ncn2cc(F)c(Cl)cc12. The highest BCUT2D eigenvalue weighted by atomic mass is 35.5. The zero-order valence-corrected chi connectivity index (χ0v) is 7.64. The largest absolute Gasteiger partial charge is 0.371 e. The first-order valence-electron chi connectivity index (χ1n) is 3.72. The predicted molar refractivity (Wildman–Crippen MR) is 49.7 cm³/mol. The lowest BCUT2D eigenvalue weighted by atomic mass is 10.4. The van der Waals surface area contributed by atoms with Gasteiger partial charge in [-0.2, -0.15) is 0 Å². The Morgan fingerprint density at radius 1 is 1.62 bits per heavy atom. The van der Waals surface area contributed by atoms with Crippen molar-refractivity contribution in [3.63, 3.8) is 0 Å². The maximum absolute atomic E-state index is 13.0. The van der Waals surface area contributed by atoms with E-state index in [9.17, 15) is 4.39 Å². The van der Waals surface area contributed by atoms with E-state index < -0.39 is 5.82 Å². The van der Waals surface area contributed by atoms with Gasteiger partial charge in [-0.15, -0.1) is 0 Å². The summed E-state index contributed by atoms with van der Waals surface area (Å²) in [5, 5.41) is 2.98. The number of fused-ring (bicyclic) bond motifs is 1. The molecule has 0 spiro atoms. The van der Waals surface area contributed by atoms with Crippen molar-refractivity contribution in [1.29, 1.82) is 0 Å². The van der Waals surface area contributed by atoms with Crippen LogP contribution in [0.15, 0.2) is 18.6 Å². The Hall–Kier alpha value is -1.29. The molecule has 0 amide bonds. The average molecular weight is 200 g/mol. The van der Waals surface area contributed by atoms with Crippen molar-refractivity contribution in [1.82, 2.24) is 9.38 Å². The Bertz CT molecular complexity index is 452. The second kappa shape index (κ2) is 2.88. The van der Waals surface area contributed by atoms with Gasteiger partial charge in [0.25, 0.3) is 0 Å². The third-order valence-electron chi connectivity index (χ3n) is 1.81. The van der Waals surface area contributed by atoms with Gasteiger partial charge in [0.1, 0.15) is 6.33 Å². The number of hydrogen-bond donors (Lipinski definition) is 1. The van der Waals surface area contributed by atoms with Crippen molar-refractivity contribution in [2.45, 2.75) is 0 Å². The van der Waals surface area contributed by atoms with Gasteiger partial charge in [-0.25, -0.2) is 9.37 Å². The number of nitrogens with one attached hydrogen (secondary N) is 1. The minimum atomic E-state index is -0.450. The second-order valence-corrected chi connectivity index (χ2v) is 3.01. The highest BCUT2D eigenvalue weighted by molar-refractivity contribution is 6.31. The molecule has 0 radical (unpaired) electrons. The van der Waals surface area contributed by atoms with Crippen LogP contribution in [0.2, 0.25) is 5.02 Å². The van der Waals surface area contributed by atoms with Crippen LogP contribution in [0.4, 0.5) is 10.2 Å². The van der Waals surface area contributed by atoms with E-state index in [1.54, 1.807) is 11.4 Å². The molecule has 3 nitrogen and oxygen atoms in total. The first-order chi connectivity index (χ1) is 6.22. The molecule has 0 aliphatic rings. The zero-order chi connectivity index (χ0) is 9.42. The first kappa shape index (κ1) is 8.31. The lowest BCUT2D eigenvalue weighted by Crippen LogP contribution is -1.90. The van der Waals surface area contributed by atoms with Crippen LogP contribution >= 0.6 is 11.6 Å². The molecule has 2 aromatic heterocycles. The molecule has 2 aromatic rings. The second-order valence-electron chi connectivity index (χ2n) is 2.60. The Labute approximate surface area is 79.2 Å². The summed E-state index contributed by atoms with van der Waals surface area (Å²) >= 11 is 5.63. The monoisotopic (exact) mass is 199 g/mol. The average Bonchev–Trinajstić information content (AvgIpc) is 2.48. The zero-order valence-electron chi connectivity index (χ0n) is 6.88. The standard InChI is InChI=1S/C8H7ClFN3/c1-11-8-7-2-5(9)6(10)3-13(7)4-12-8/h2-4,11H,1H3. The molecule has 0 aliphatic carbocycles. The van der Waals surface area contributed by atoms with E-state index in [2.05, 4.69) is 10.3 Å². The molecule has 1 N–H and O–H groups in total. The van der Waals surface area contributed by atoms with E-state index in [0.29, 0.717) is 5.82 Å². The minimum Gasteiger partial charge on any atom is -0.371 e. The fraction of sp³-hybridized carbons (Fsp3) is 0.125. The van der Waals surface area contributed by atoms with Gasteiger partial charge < -0.3 is 9.72 Å². The van der Waals surface area contributed by atoms with E-state index >= 15 is 0 Å². The summed E-state index contributed by atoms with van der Waals surface area (Å²) < 4.78 is 14.5. The predicted octanol–water partition coefficient (Wildman–Crippen LogP) is 2.17. The normalized spacial score (nSPS) is 10.7. The maximum Gasteiger partial charge on any atom is 0.158 e. The molecule has 0 aliphatic heterocycles. The van der Waals surface area contributed by atoms with Crippen LogP contribution < -0.4 is 5.32 Å². The summed E-state index contributed by atoms with van der Waals surface area (Å²) in [4.78, 5) is 4.02. The van der Waals surface area contributed by atoms with Crippen molar-refractivity contribution in [2.75, 3.05) is 12.4 Å². The van der Waals surface area contributed by atoms with Crippen LogP contribution in [0.3, 0.4) is 0 Å². The molecular formula is C8H7ClFN3. The number of pyridine rings is 1. The topological polar surface area (TPSA) is 29.3 Å². The van der Waals surface area contributed by atoms with Gasteiger partial charge in [0.2, 0.25) is 0 Å². The van der Waals surface area contributed by atoms with Crippen molar-refractivity contribution < 1.29 is 4.39 Å². The van der Waals surface area contributed by atoms with Gasteiger partial charge >= 0.3 is 0 Å². The molecule has 0 saturated heterocycles. The van der Waals surface area contributed by atoms with E-state index in [4.69, 9.17) is 11.6 Å². The first-order valence-corrected chi connectivity index (χ1v) is 4.09. The fourth-order valence-electron chi connectivity index (χ4n) is 1.18. The van der Waals surface area contributed by atoms with Gasteiger partial charge in [-0.1, -0.05) is 11.6 Å². The Kier molecular flexibility index (Phi) is 1.84. The number of imidazole rings is 1. The van der Waals surface area contributed by atoms with Gasteiger partial charge in [-0.05, 0) is 6.07 Å². The molecule has 0 bridgehead atoms. The van der Waals surface area contributed by atoms with Gasteiger partial charge in [0, 0.05) is 13.2 Å². The highest BCUT2D eigenvalue weighted by Gasteiger charge is 2.06. The number of anilines is 1. The molecule has 0 aromatic carbocycles. The molecule has 0 atom stereocenters. The summed E-state index contributed by atoms with van der Waals surface area (Å²) in [6, 6.07) is 1.54. The fourth-order valence-corrected chi connectivity index (χ4v) is 1.33. The summed E-state index contributed by atoms with van der Waals surface area (Å²) in [7, 11) is 1.75. The molecule has 5 heteroatoms. The van der Waals surface area contributed by atoms with Crippen LogP contribution in [0.5, 0.6) is 0 Å². The Morgan fingerprint density at radius 3 is 3.08 bits per heavy atom. The molecule has 0 unspecified atom stereocenters. The van der Waals surface area contributed by atoms with Crippen molar-refractivity contribution in [3.05, 3.63) is 29.4 Å². The van der Waals surface area contributed by atoms with E-state index in [-0.39, 0.29) is 5.02 Å². The summed E-state index contributed by atoms with van der Waals surface area (Å²) in [5.74, 6) is 0.233. The molecule has 2 heterocycles. The molecule has 68 valence electrons. The number of aromatic nitrogens is 2. The van der Waals surface area contributed by atoms with Crippen LogP contribution in [-0.2, 0) is 0 Å². The van der Waals surface area contributed by atoms with Crippen molar-refractivity contribution in [2.24, 2.45) is 0 Å². The van der Waals surface area contributed by atoms with Gasteiger partial charge in [0.15, 0.2) is 11.6 Å². The minimum absolute atomic E-state index is 0.101. The quantitative estimate of drug-likeness (QED) is 0.763. The molecule has 0 saturated carbocycles. The number of hydrogen-bond acceptors (Lipinski definition) is 2. The number of nitrogens with zero attached hydrogens (tertiary/aromatic N) is 2. The van der Waals surface area contributed by atoms with Crippen LogP contribution in [0.1, 0.15) is 0 Å². The lowest BCUT2D eigenvalue weighted by Gasteiger charge is -1.98. The van der Waals surface area contributed by atoms with Crippen molar-refractivity contribution in [3.8, 4) is 0 Å². The maximum atomic E-state index is 13.0. The van der Waals surface area contributed by atoms with Gasteiger partial charge in [0.05, 0.1) is 10.5 Å². The number of rotatable bonds is 1.